The molecule has 0 bridgehead atoms. The van der Waals surface area contributed by atoms with Crippen molar-refractivity contribution in [2.24, 2.45) is 5.73 Å². The molecule has 2 nitrogen and oxygen atoms in total. The summed E-state index contributed by atoms with van der Waals surface area (Å²) in [6.07, 6.45) is 1.14. The molecule has 2 aromatic rings. The average molecular weight is 292 g/mol. The van der Waals surface area contributed by atoms with E-state index in [0.29, 0.717) is 12.8 Å². The number of halogens is 1. The zero-order valence-electron chi connectivity index (χ0n) is 11.7. The van der Waals surface area contributed by atoms with Gasteiger partial charge in [0.05, 0.1) is 5.60 Å². The van der Waals surface area contributed by atoms with E-state index in [4.69, 9.17) is 5.73 Å². The SMILES string of the molecule is CC(N)C(O)(Cc1ccccc1)Cc1ccccc1.Cl. The van der Waals surface area contributed by atoms with E-state index < -0.39 is 5.60 Å². The fraction of sp³-hybridized carbons (Fsp3) is 0.294. The Labute approximate surface area is 127 Å². The minimum atomic E-state index is -0.914. The Balaban J connectivity index is 0.00000200. The molecule has 2 rings (SSSR count). The van der Waals surface area contributed by atoms with Crippen LogP contribution in [-0.4, -0.2) is 16.7 Å². The van der Waals surface area contributed by atoms with Crippen LogP contribution in [-0.2, 0) is 12.8 Å². The molecule has 0 spiro atoms. The Morgan fingerprint density at radius 1 is 0.900 bits per heavy atom. The summed E-state index contributed by atoms with van der Waals surface area (Å²) >= 11 is 0. The molecule has 1 unspecified atom stereocenters. The topological polar surface area (TPSA) is 46.2 Å². The average Bonchev–Trinajstić information content (AvgIpc) is 2.40. The Morgan fingerprint density at radius 2 is 1.25 bits per heavy atom. The van der Waals surface area contributed by atoms with E-state index in [0.717, 1.165) is 11.1 Å². The minimum Gasteiger partial charge on any atom is -0.388 e. The van der Waals surface area contributed by atoms with Crippen molar-refractivity contribution in [3.8, 4) is 0 Å². The highest BCUT2D eigenvalue weighted by Gasteiger charge is 2.31. The molecule has 20 heavy (non-hydrogen) atoms. The van der Waals surface area contributed by atoms with Gasteiger partial charge in [-0.1, -0.05) is 60.7 Å². The predicted molar refractivity (Wildman–Crippen MR) is 86.1 cm³/mol. The number of rotatable bonds is 5. The minimum absolute atomic E-state index is 0. The van der Waals surface area contributed by atoms with E-state index in [2.05, 4.69) is 0 Å². The standard InChI is InChI=1S/C17H21NO.ClH/c1-14(18)17(19,12-15-8-4-2-5-9-15)13-16-10-6-3-7-11-16;/h2-11,14,19H,12-13,18H2,1H3;1H. The van der Waals surface area contributed by atoms with Crippen molar-refractivity contribution in [3.05, 3.63) is 71.8 Å². The molecule has 108 valence electrons. The smallest absolute Gasteiger partial charge is 0.0875 e. The zero-order valence-corrected chi connectivity index (χ0v) is 12.5. The van der Waals surface area contributed by atoms with Gasteiger partial charge in [0.2, 0.25) is 0 Å². The van der Waals surface area contributed by atoms with Gasteiger partial charge in [0.25, 0.3) is 0 Å². The van der Waals surface area contributed by atoms with Gasteiger partial charge >= 0.3 is 0 Å². The highest BCUT2D eigenvalue weighted by Crippen LogP contribution is 2.22. The summed E-state index contributed by atoms with van der Waals surface area (Å²) in [6, 6.07) is 19.7. The molecule has 0 aliphatic rings. The Bertz CT molecular complexity index is 457. The normalized spacial score (nSPS) is 12.6. The third kappa shape index (κ3) is 4.34. The zero-order chi connectivity index (χ0) is 13.7. The number of aliphatic hydroxyl groups is 1. The molecule has 0 fully saturated rings. The van der Waals surface area contributed by atoms with E-state index in [1.807, 2.05) is 67.6 Å². The molecule has 2 aromatic carbocycles. The van der Waals surface area contributed by atoms with Gasteiger partial charge in [-0.25, -0.2) is 0 Å². The molecular formula is C17H22ClNO. The van der Waals surface area contributed by atoms with Crippen LogP contribution in [0, 0.1) is 0 Å². The summed E-state index contributed by atoms with van der Waals surface area (Å²) in [4.78, 5) is 0. The van der Waals surface area contributed by atoms with Crippen LogP contribution >= 0.6 is 12.4 Å². The first kappa shape index (κ1) is 16.7. The van der Waals surface area contributed by atoms with Crippen molar-refractivity contribution in [2.45, 2.75) is 31.4 Å². The van der Waals surface area contributed by atoms with Gasteiger partial charge in [-0.05, 0) is 18.1 Å². The van der Waals surface area contributed by atoms with Crippen molar-refractivity contribution in [1.29, 1.82) is 0 Å². The molecule has 0 saturated carbocycles. The first-order chi connectivity index (χ1) is 9.10. The molecule has 1 atom stereocenters. The maximum Gasteiger partial charge on any atom is 0.0875 e. The summed E-state index contributed by atoms with van der Waals surface area (Å²) in [5, 5.41) is 10.9. The van der Waals surface area contributed by atoms with Gasteiger partial charge in [0, 0.05) is 18.9 Å². The van der Waals surface area contributed by atoms with Gasteiger partial charge in [-0.3, -0.25) is 0 Å². The van der Waals surface area contributed by atoms with Crippen LogP contribution in [0.3, 0.4) is 0 Å². The van der Waals surface area contributed by atoms with Gasteiger partial charge < -0.3 is 10.8 Å². The van der Waals surface area contributed by atoms with Crippen molar-refractivity contribution in [2.75, 3.05) is 0 Å². The van der Waals surface area contributed by atoms with Gasteiger partial charge in [-0.2, -0.15) is 0 Å². The lowest BCUT2D eigenvalue weighted by molar-refractivity contribution is 0.0199. The first-order valence-electron chi connectivity index (χ1n) is 6.66. The second kappa shape index (κ2) is 7.44. The fourth-order valence-corrected chi connectivity index (χ4v) is 2.28. The second-order valence-corrected chi connectivity index (χ2v) is 5.22. The summed E-state index contributed by atoms with van der Waals surface area (Å²) < 4.78 is 0. The van der Waals surface area contributed by atoms with Crippen molar-refractivity contribution < 1.29 is 5.11 Å². The molecule has 0 radical (unpaired) electrons. The Morgan fingerprint density at radius 3 is 1.55 bits per heavy atom. The maximum atomic E-state index is 10.9. The molecule has 0 heterocycles. The van der Waals surface area contributed by atoms with Crippen LogP contribution in [0.25, 0.3) is 0 Å². The van der Waals surface area contributed by atoms with Gasteiger partial charge in [-0.15, -0.1) is 12.4 Å². The molecule has 3 N–H and O–H groups in total. The maximum absolute atomic E-state index is 10.9. The number of nitrogens with two attached hydrogens (primary N) is 1. The highest BCUT2D eigenvalue weighted by atomic mass is 35.5. The molecule has 0 aliphatic carbocycles. The van der Waals surface area contributed by atoms with Crippen molar-refractivity contribution >= 4 is 12.4 Å². The van der Waals surface area contributed by atoms with Crippen LogP contribution < -0.4 is 5.73 Å². The quantitative estimate of drug-likeness (QED) is 0.890. The van der Waals surface area contributed by atoms with Crippen LogP contribution in [0.2, 0.25) is 0 Å². The van der Waals surface area contributed by atoms with Gasteiger partial charge in [0.15, 0.2) is 0 Å². The van der Waals surface area contributed by atoms with Crippen LogP contribution in [0.15, 0.2) is 60.7 Å². The number of hydrogen-bond acceptors (Lipinski definition) is 2. The lowest BCUT2D eigenvalue weighted by Gasteiger charge is -2.32. The van der Waals surface area contributed by atoms with Crippen molar-refractivity contribution in [3.63, 3.8) is 0 Å². The van der Waals surface area contributed by atoms with E-state index in [1.54, 1.807) is 0 Å². The third-order valence-corrected chi connectivity index (χ3v) is 3.55. The van der Waals surface area contributed by atoms with Gasteiger partial charge in [0.1, 0.15) is 0 Å². The molecule has 0 saturated heterocycles. The lowest BCUT2D eigenvalue weighted by Crippen LogP contribution is -2.49. The molecule has 0 amide bonds. The summed E-state index contributed by atoms with van der Waals surface area (Å²) in [5.41, 5.74) is 7.32. The van der Waals surface area contributed by atoms with E-state index in [1.165, 1.54) is 0 Å². The third-order valence-electron chi connectivity index (χ3n) is 3.55. The van der Waals surface area contributed by atoms with E-state index in [9.17, 15) is 5.11 Å². The van der Waals surface area contributed by atoms with E-state index >= 15 is 0 Å². The van der Waals surface area contributed by atoms with Crippen LogP contribution in [0.1, 0.15) is 18.1 Å². The molecular weight excluding hydrogens is 270 g/mol. The number of benzene rings is 2. The van der Waals surface area contributed by atoms with Crippen LogP contribution in [0.4, 0.5) is 0 Å². The fourth-order valence-electron chi connectivity index (χ4n) is 2.28. The first-order valence-corrected chi connectivity index (χ1v) is 6.66. The number of hydrogen-bond donors (Lipinski definition) is 2. The summed E-state index contributed by atoms with van der Waals surface area (Å²) in [5.74, 6) is 0. The Kier molecular flexibility index (Phi) is 6.21. The summed E-state index contributed by atoms with van der Waals surface area (Å²) in [7, 11) is 0. The molecule has 3 heteroatoms. The predicted octanol–water partition coefficient (Wildman–Crippen LogP) is 2.97. The largest absolute Gasteiger partial charge is 0.388 e. The highest BCUT2D eigenvalue weighted by molar-refractivity contribution is 5.85. The summed E-state index contributed by atoms with van der Waals surface area (Å²) in [6.45, 7) is 1.87. The van der Waals surface area contributed by atoms with Crippen molar-refractivity contribution in [1.82, 2.24) is 0 Å². The lowest BCUT2D eigenvalue weighted by atomic mass is 9.83. The Hall–Kier alpha value is -1.35. The monoisotopic (exact) mass is 291 g/mol. The molecule has 0 aliphatic heterocycles. The second-order valence-electron chi connectivity index (χ2n) is 5.22. The van der Waals surface area contributed by atoms with Crippen LogP contribution in [0.5, 0.6) is 0 Å². The molecule has 0 aromatic heterocycles. The van der Waals surface area contributed by atoms with E-state index in [-0.39, 0.29) is 18.4 Å².